The molecule has 0 saturated heterocycles. The zero-order valence-corrected chi connectivity index (χ0v) is 20.0. The van der Waals surface area contributed by atoms with E-state index < -0.39 is 11.9 Å². The maximum absolute atomic E-state index is 14.8. The molecule has 5 heterocycles. The van der Waals surface area contributed by atoms with E-state index in [1.54, 1.807) is 28.8 Å². The molecule has 2 aliphatic rings. The van der Waals surface area contributed by atoms with Crippen LogP contribution >= 0.6 is 22.9 Å². The van der Waals surface area contributed by atoms with Crippen LogP contribution in [0.4, 0.5) is 4.39 Å². The Morgan fingerprint density at radius 2 is 2.06 bits per heavy atom. The summed E-state index contributed by atoms with van der Waals surface area (Å²) in [5, 5.41) is 21.0. The van der Waals surface area contributed by atoms with Crippen LogP contribution in [0, 0.1) is 0 Å². The molecular weight excluding hydrogens is 507 g/mol. The Hall–Kier alpha value is -3.96. The standard InChI is InChI=1S/C24H16ClFN6O3S/c25-13-1-3-18(31-11-27-29-30-31)15(9-13)12-7-14-2-4-19(32(14)22(33)8-12)17-10-16(23(26)28-17)20-5-6-21(36-20)24(34)35/h1,3,5-9,11,19H,2,4,10H2,(H,34,35)/t19-/m0/s1. The lowest BCUT2D eigenvalue weighted by atomic mass is 10.0. The Morgan fingerprint density at radius 3 is 2.81 bits per heavy atom. The van der Waals surface area contributed by atoms with Gasteiger partial charge in [0, 0.05) is 44.9 Å². The maximum Gasteiger partial charge on any atom is 0.345 e. The van der Waals surface area contributed by atoms with Gasteiger partial charge < -0.3 is 9.67 Å². The first kappa shape index (κ1) is 22.5. The van der Waals surface area contributed by atoms with E-state index in [9.17, 15) is 19.1 Å². The van der Waals surface area contributed by atoms with Crippen molar-refractivity contribution in [3.05, 3.63) is 85.6 Å². The van der Waals surface area contributed by atoms with Crippen molar-refractivity contribution in [1.82, 2.24) is 24.8 Å². The smallest absolute Gasteiger partial charge is 0.345 e. The number of allylic oxidation sites excluding steroid dienone is 1. The molecule has 0 fully saturated rings. The van der Waals surface area contributed by atoms with Gasteiger partial charge in [-0.1, -0.05) is 11.6 Å². The molecule has 6 rings (SSSR count). The lowest BCUT2D eigenvalue weighted by Gasteiger charge is -2.16. The van der Waals surface area contributed by atoms with E-state index in [0.717, 1.165) is 17.0 Å². The number of tetrazole rings is 1. The quantitative estimate of drug-likeness (QED) is 0.384. The minimum atomic E-state index is -1.05. The van der Waals surface area contributed by atoms with Gasteiger partial charge in [-0.15, -0.1) is 16.4 Å². The van der Waals surface area contributed by atoms with E-state index >= 15 is 0 Å². The number of aliphatic imine (C=N–C) groups is 1. The van der Waals surface area contributed by atoms with E-state index in [2.05, 4.69) is 20.5 Å². The number of aromatic carboxylic acids is 1. The Balaban J connectivity index is 1.33. The molecule has 180 valence electrons. The van der Waals surface area contributed by atoms with Gasteiger partial charge in [-0.25, -0.2) is 9.79 Å². The van der Waals surface area contributed by atoms with Gasteiger partial charge in [0.25, 0.3) is 5.56 Å². The number of hydrogen-bond donors (Lipinski definition) is 1. The zero-order valence-electron chi connectivity index (χ0n) is 18.4. The van der Waals surface area contributed by atoms with E-state index in [1.165, 1.54) is 23.1 Å². The summed E-state index contributed by atoms with van der Waals surface area (Å²) in [6, 6.07) is 11.4. The summed E-state index contributed by atoms with van der Waals surface area (Å²) in [7, 11) is 0. The lowest BCUT2D eigenvalue weighted by Crippen LogP contribution is -2.27. The number of rotatable bonds is 5. The molecule has 1 N–H and O–H groups in total. The molecule has 1 atom stereocenters. The predicted molar refractivity (Wildman–Crippen MR) is 133 cm³/mol. The van der Waals surface area contributed by atoms with Crippen molar-refractivity contribution in [3.8, 4) is 16.8 Å². The number of aryl methyl sites for hydroxylation is 1. The highest BCUT2D eigenvalue weighted by atomic mass is 35.5. The van der Waals surface area contributed by atoms with Crippen LogP contribution in [0.15, 0.2) is 64.5 Å². The van der Waals surface area contributed by atoms with Gasteiger partial charge >= 0.3 is 5.97 Å². The number of thiophene rings is 1. The molecule has 36 heavy (non-hydrogen) atoms. The van der Waals surface area contributed by atoms with Gasteiger partial charge in [-0.2, -0.15) is 9.07 Å². The summed E-state index contributed by atoms with van der Waals surface area (Å²) < 4.78 is 18.0. The molecule has 9 nitrogen and oxygen atoms in total. The van der Waals surface area contributed by atoms with Crippen molar-refractivity contribution in [2.75, 3.05) is 0 Å². The Kier molecular flexibility index (Phi) is 5.38. The number of carboxylic acids is 1. The molecule has 0 saturated carbocycles. The SMILES string of the molecule is O=C(O)c1ccc(C2=C(F)N=C([C@@H]3CCc4cc(-c5cc(Cl)ccc5-n5cnnn5)cc(=O)n43)C2)s1. The van der Waals surface area contributed by atoms with Crippen LogP contribution in [-0.2, 0) is 6.42 Å². The van der Waals surface area contributed by atoms with Crippen molar-refractivity contribution in [3.63, 3.8) is 0 Å². The van der Waals surface area contributed by atoms with E-state index in [-0.39, 0.29) is 22.9 Å². The minimum Gasteiger partial charge on any atom is -0.477 e. The number of aromatic nitrogens is 5. The topological polar surface area (TPSA) is 115 Å². The molecule has 1 aromatic carbocycles. The van der Waals surface area contributed by atoms with Crippen molar-refractivity contribution in [1.29, 1.82) is 0 Å². The van der Waals surface area contributed by atoms with Crippen LogP contribution in [0.25, 0.3) is 22.4 Å². The van der Waals surface area contributed by atoms with Crippen LogP contribution in [0.1, 0.15) is 39.1 Å². The number of benzene rings is 1. The fourth-order valence-electron chi connectivity index (χ4n) is 4.76. The summed E-state index contributed by atoms with van der Waals surface area (Å²) in [6.45, 7) is 0. The summed E-state index contributed by atoms with van der Waals surface area (Å²) in [6.07, 6.45) is 2.92. The van der Waals surface area contributed by atoms with E-state index in [0.29, 0.717) is 50.8 Å². The molecule has 2 aliphatic heterocycles. The van der Waals surface area contributed by atoms with E-state index in [1.807, 2.05) is 6.07 Å². The van der Waals surface area contributed by atoms with Crippen LogP contribution in [0.3, 0.4) is 0 Å². The van der Waals surface area contributed by atoms with Crippen molar-refractivity contribution >= 4 is 40.2 Å². The van der Waals surface area contributed by atoms with Crippen LogP contribution in [0.2, 0.25) is 5.02 Å². The summed E-state index contributed by atoms with van der Waals surface area (Å²) in [4.78, 5) is 29.3. The van der Waals surface area contributed by atoms with Crippen molar-refractivity contribution in [2.45, 2.75) is 25.3 Å². The highest BCUT2D eigenvalue weighted by Crippen LogP contribution is 2.40. The lowest BCUT2D eigenvalue weighted by molar-refractivity contribution is 0.0702. The summed E-state index contributed by atoms with van der Waals surface area (Å²) in [5.41, 5.74) is 3.55. The van der Waals surface area contributed by atoms with Gasteiger partial charge in [-0.3, -0.25) is 4.79 Å². The monoisotopic (exact) mass is 522 g/mol. The molecule has 12 heteroatoms. The predicted octanol–water partition coefficient (Wildman–Crippen LogP) is 4.57. The van der Waals surface area contributed by atoms with E-state index in [4.69, 9.17) is 11.6 Å². The third-order valence-electron chi connectivity index (χ3n) is 6.35. The van der Waals surface area contributed by atoms with Crippen molar-refractivity contribution in [2.24, 2.45) is 4.99 Å². The molecule has 3 aromatic heterocycles. The Morgan fingerprint density at radius 1 is 1.19 bits per heavy atom. The third kappa shape index (κ3) is 3.76. The molecule has 4 aromatic rings. The molecular formula is C24H16ClFN6O3S. The highest BCUT2D eigenvalue weighted by Gasteiger charge is 2.33. The van der Waals surface area contributed by atoms with Crippen LogP contribution in [0.5, 0.6) is 0 Å². The second kappa shape index (κ2) is 8.61. The maximum atomic E-state index is 14.8. The minimum absolute atomic E-state index is 0.135. The Labute approximate surface area is 211 Å². The first-order valence-corrected chi connectivity index (χ1v) is 12.2. The molecule has 0 aliphatic carbocycles. The van der Waals surface area contributed by atoms with Gasteiger partial charge in [0.2, 0.25) is 5.95 Å². The first-order valence-electron chi connectivity index (χ1n) is 11.0. The molecule has 0 spiro atoms. The van der Waals surface area contributed by atoms with Crippen LogP contribution < -0.4 is 5.56 Å². The fraction of sp³-hybridized carbons (Fsp3) is 0.167. The number of pyridine rings is 1. The number of hydrogen-bond acceptors (Lipinski definition) is 7. The molecule has 0 unspecified atom stereocenters. The van der Waals surface area contributed by atoms with Gasteiger partial charge in [0.1, 0.15) is 11.2 Å². The third-order valence-corrected chi connectivity index (χ3v) is 7.71. The fourth-order valence-corrected chi connectivity index (χ4v) is 5.81. The Bertz CT molecular complexity index is 1660. The average Bonchev–Trinajstić information content (AvgIpc) is 3.64. The first-order chi connectivity index (χ1) is 17.4. The zero-order chi connectivity index (χ0) is 25.0. The highest BCUT2D eigenvalue weighted by molar-refractivity contribution is 7.15. The number of halogens is 2. The molecule has 0 amide bonds. The van der Waals surface area contributed by atoms with Crippen LogP contribution in [-0.4, -0.2) is 41.6 Å². The second-order valence-corrected chi connectivity index (χ2v) is 9.95. The van der Waals surface area contributed by atoms with Gasteiger partial charge in [-0.05, 0) is 65.2 Å². The van der Waals surface area contributed by atoms with Crippen molar-refractivity contribution < 1.29 is 14.3 Å². The second-order valence-electron chi connectivity index (χ2n) is 8.43. The number of fused-ring (bicyclic) bond motifs is 1. The van der Waals surface area contributed by atoms with Gasteiger partial charge in [0.15, 0.2) is 0 Å². The normalized spacial score (nSPS) is 16.9. The number of nitrogens with zero attached hydrogens (tertiary/aromatic N) is 6. The average molecular weight is 523 g/mol. The summed E-state index contributed by atoms with van der Waals surface area (Å²) >= 11 is 7.27. The number of carboxylic acid groups (broad SMARTS) is 1. The summed E-state index contributed by atoms with van der Waals surface area (Å²) in [5.74, 6) is -1.69. The molecule has 0 bridgehead atoms. The van der Waals surface area contributed by atoms with Gasteiger partial charge in [0.05, 0.1) is 11.7 Å². The number of carbonyl (C=O) groups is 1. The molecule has 0 radical (unpaired) electrons. The largest absolute Gasteiger partial charge is 0.477 e.